The fourth-order valence-corrected chi connectivity index (χ4v) is 1.85. The second-order valence-corrected chi connectivity index (χ2v) is 4.32. The first kappa shape index (κ1) is 14.1. The molecule has 0 saturated carbocycles. The normalized spacial score (nSPS) is 10.2. The van der Waals surface area contributed by atoms with Crippen LogP contribution in [0.5, 0.6) is 5.75 Å². The van der Waals surface area contributed by atoms with E-state index in [1.54, 1.807) is 13.0 Å². The lowest BCUT2D eigenvalue weighted by atomic mass is 10.1. The molecule has 0 unspecified atom stereocenters. The summed E-state index contributed by atoms with van der Waals surface area (Å²) in [5.74, 6) is -0.197. The fraction of sp³-hybridized carbons (Fsp3) is 0.250. The Bertz CT molecular complexity index is 619. The molecule has 0 aliphatic heterocycles. The van der Waals surface area contributed by atoms with Gasteiger partial charge in [-0.3, -0.25) is 9.59 Å². The Morgan fingerprint density at radius 3 is 2.55 bits per heavy atom. The third-order valence-electron chi connectivity index (χ3n) is 2.77. The molecule has 2 rings (SSSR count). The van der Waals surface area contributed by atoms with Crippen molar-refractivity contribution in [3.05, 3.63) is 42.5 Å². The minimum atomic E-state index is -0.514. The number of ketones is 1. The fourth-order valence-electron chi connectivity index (χ4n) is 1.85. The highest BCUT2D eigenvalue weighted by molar-refractivity contribution is 5.96. The first-order valence-corrected chi connectivity index (χ1v) is 6.48. The monoisotopic (exact) mass is 272 g/mol. The standard InChI is InChI=1S/C16H16O4/c1-2-19-16(18)10-14(17)11-20-15-8-7-12-5-3-4-6-13(12)9-15/h3-9H,2,10-11H2,1H3. The molecule has 0 saturated heterocycles. The topological polar surface area (TPSA) is 52.6 Å². The Balaban J connectivity index is 1.92. The van der Waals surface area contributed by atoms with Crippen molar-refractivity contribution in [3.8, 4) is 5.75 Å². The van der Waals surface area contributed by atoms with E-state index in [0.29, 0.717) is 5.75 Å². The van der Waals surface area contributed by atoms with Gasteiger partial charge in [-0.05, 0) is 29.8 Å². The van der Waals surface area contributed by atoms with Crippen molar-refractivity contribution < 1.29 is 19.1 Å². The van der Waals surface area contributed by atoms with E-state index in [-0.39, 0.29) is 25.4 Å². The van der Waals surface area contributed by atoms with Crippen molar-refractivity contribution in [2.45, 2.75) is 13.3 Å². The van der Waals surface area contributed by atoms with Crippen LogP contribution >= 0.6 is 0 Å². The number of carbonyl (C=O) groups is 2. The third-order valence-corrected chi connectivity index (χ3v) is 2.77. The van der Waals surface area contributed by atoms with Crippen molar-refractivity contribution >= 4 is 22.5 Å². The summed E-state index contributed by atoms with van der Waals surface area (Å²) in [6.07, 6.45) is -0.249. The van der Waals surface area contributed by atoms with E-state index >= 15 is 0 Å². The molecular weight excluding hydrogens is 256 g/mol. The molecule has 4 nitrogen and oxygen atoms in total. The smallest absolute Gasteiger partial charge is 0.313 e. The second-order valence-electron chi connectivity index (χ2n) is 4.32. The van der Waals surface area contributed by atoms with Crippen LogP contribution in [0.25, 0.3) is 10.8 Å². The Morgan fingerprint density at radius 2 is 1.80 bits per heavy atom. The average Bonchev–Trinajstić information content (AvgIpc) is 2.45. The number of esters is 1. The first-order chi connectivity index (χ1) is 9.69. The Morgan fingerprint density at radius 1 is 1.05 bits per heavy atom. The molecule has 0 aromatic heterocycles. The quantitative estimate of drug-likeness (QED) is 0.599. The first-order valence-electron chi connectivity index (χ1n) is 6.48. The van der Waals surface area contributed by atoms with Crippen LogP contribution in [0, 0.1) is 0 Å². The molecule has 0 heterocycles. The number of hydrogen-bond donors (Lipinski definition) is 0. The van der Waals surface area contributed by atoms with Gasteiger partial charge < -0.3 is 9.47 Å². The average molecular weight is 272 g/mol. The molecule has 0 radical (unpaired) electrons. The molecule has 4 heteroatoms. The van der Waals surface area contributed by atoms with Crippen molar-refractivity contribution in [1.29, 1.82) is 0 Å². The zero-order chi connectivity index (χ0) is 14.4. The zero-order valence-electron chi connectivity index (χ0n) is 11.3. The lowest BCUT2D eigenvalue weighted by molar-refractivity contribution is -0.145. The van der Waals surface area contributed by atoms with Crippen molar-refractivity contribution in [2.75, 3.05) is 13.2 Å². The number of carbonyl (C=O) groups excluding carboxylic acids is 2. The molecule has 0 N–H and O–H groups in total. The summed E-state index contributed by atoms with van der Waals surface area (Å²) in [6, 6.07) is 13.5. The lowest BCUT2D eigenvalue weighted by Crippen LogP contribution is -2.17. The maximum Gasteiger partial charge on any atom is 0.313 e. The van der Waals surface area contributed by atoms with Gasteiger partial charge in [-0.15, -0.1) is 0 Å². The van der Waals surface area contributed by atoms with Gasteiger partial charge >= 0.3 is 5.97 Å². The van der Waals surface area contributed by atoms with Gasteiger partial charge in [0.05, 0.1) is 6.61 Å². The number of rotatable bonds is 6. The maximum atomic E-state index is 11.5. The highest BCUT2D eigenvalue weighted by Gasteiger charge is 2.11. The van der Waals surface area contributed by atoms with Gasteiger partial charge in [0, 0.05) is 0 Å². The van der Waals surface area contributed by atoms with Crippen LogP contribution in [0.2, 0.25) is 0 Å². The van der Waals surface area contributed by atoms with Crippen molar-refractivity contribution in [3.63, 3.8) is 0 Å². The summed E-state index contributed by atoms with van der Waals surface area (Å²) in [7, 11) is 0. The van der Waals surface area contributed by atoms with Gasteiger partial charge in [0.2, 0.25) is 0 Å². The molecular formula is C16H16O4. The van der Waals surface area contributed by atoms with Crippen LogP contribution in [0.3, 0.4) is 0 Å². The number of benzene rings is 2. The molecule has 0 bridgehead atoms. The summed E-state index contributed by atoms with van der Waals surface area (Å²) in [6.45, 7) is 1.85. The number of hydrogen-bond acceptors (Lipinski definition) is 4. The van der Waals surface area contributed by atoms with E-state index in [9.17, 15) is 9.59 Å². The van der Waals surface area contributed by atoms with Crippen molar-refractivity contribution in [2.24, 2.45) is 0 Å². The minimum absolute atomic E-state index is 0.128. The van der Waals surface area contributed by atoms with Gasteiger partial charge in [-0.1, -0.05) is 30.3 Å². The second kappa shape index (κ2) is 6.70. The lowest BCUT2D eigenvalue weighted by Gasteiger charge is -2.06. The van der Waals surface area contributed by atoms with E-state index in [1.807, 2.05) is 36.4 Å². The van der Waals surface area contributed by atoms with Crippen LogP contribution in [0.15, 0.2) is 42.5 Å². The highest BCUT2D eigenvalue weighted by atomic mass is 16.5. The molecule has 2 aromatic carbocycles. The maximum absolute atomic E-state index is 11.5. The van der Waals surface area contributed by atoms with Gasteiger partial charge in [-0.2, -0.15) is 0 Å². The van der Waals surface area contributed by atoms with E-state index in [2.05, 4.69) is 0 Å². The van der Waals surface area contributed by atoms with Crippen molar-refractivity contribution in [1.82, 2.24) is 0 Å². The number of ether oxygens (including phenoxy) is 2. The van der Waals surface area contributed by atoms with E-state index in [4.69, 9.17) is 9.47 Å². The summed E-state index contributed by atoms with van der Waals surface area (Å²) < 4.78 is 10.1. The highest BCUT2D eigenvalue weighted by Crippen LogP contribution is 2.20. The molecule has 104 valence electrons. The van der Waals surface area contributed by atoms with Crippen LogP contribution in [0.4, 0.5) is 0 Å². The Kier molecular flexibility index (Phi) is 4.71. The molecule has 0 aliphatic carbocycles. The Hall–Kier alpha value is -2.36. The molecule has 2 aromatic rings. The van der Waals surface area contributed by atoms with E-state index in [0.717, 1.165) is 10.8 Å². The van der Waals surface area contributed by atoms with E-state index < -0.39 is 5.97 Å². The van der Waals surface area contributed by atoms with Crippen LogP contribution in [0.1, 0.15) is 13.3 Å². The Labute approximate surface area is 117 Å². The van der Waals surface area contributed by atoms with Crippen LogP contribution in [-0.2, 0) is 14.3 Å². The molecule has 0 fully saturated rings. The van der Waals surface area contributed by atoms with Crippen LogP contribution in [-0.4, -0.2) is 25.0 Å². The number of Topliss-reactive ketones (excluding diaryl/α,β-unsaturated/α-hetero) is 1. The molecule has 0 amide bonds. The minimum Gasteiger partial charge on any atom is -0.486 e. The molecule has 0 spiro atoms. The largest absolute Gasteiger partial charge is 0.486 e. The van der Waals surface area contributed by atoms with Gasteiger partial charge in [0.25, 0.3) is 0 Å². The summed E-state index contributed by atoms with van der Waals surface area (Å²) in [4.78, 5) is 22.7. The van der Waals surface area contributed by atoms with Gasteiger partial charge in [0.1, 0.15) is 18.8 Å². The molecule has 20 heavy (non-hydrogen) atoms. The van der Waals surface area contributed by atoms with E-state index in [1.165, 1.54) is 0 Å². The summed E-state index contributed by atoms with van der Waals surface area (Å²) >= 11 is 0. The predicted molar refractivity (Wildman–Crippen MR) is 75.7 cm³/mol. The summed E-state index contributed by atoms with van der Waals surface area (Å²) in [5.41, 5.74) is 0. The molecule has 0 aliphatic rings. The third kappa shape index (κ3) is 3.82. The predicted octanol–water partition coefficient (Wildman–Crippen LogP) is 2.74. The van der Waals surface area contributed by atoms with Gasteiger partial charge in [0.15, 0.2) is 5.78 Å². The molecule has 0 atom stereocenters. The summed E-state index contributed by atoms with van der Waals surface area (Å²) in [5, 5.41) is 2.15. The zero-order valence-corrected chi connectivity index (χ0v) is 11.3. The van der Waals surface area contributed by atoms with Gasteiger partial charge in [-0.25, -0.2) is 0 Å². The SMILES string of the molecule is CCOC(=O)CC(=O)COc1ccc2ccccc2c1. The van der Waals surface area contributed by atoms with Crippen LogP contribution < -0.4 is 4.74 Å². The number of fused-ring (bicyclic) bond motifs is 1.